The van der Waals surface area contributed by atoms with Gasteiger partial charge in [-0.3, -0.25) is 0 Å². The zero-order valence-electron chi connectivity index (χ0n) is 9.89. The molecule has 0 spiro atoms. The highest BCUT2D eigenvalue weighted by molar-refractivity contribution is 9.10. The highest BCUT2D eigenvalue weighted by Crippen LogP contribution is 2.39. The van der Waals surface area contributed by atoms with Crippen LogP contribution in [-0.4, -0.2) is 15.6 Å². The zero-order chi connectivity index (χ0) is 13.1. The van der Waals surface area contributed by atoms with Crippen LogP contribution in [0, 0.1) is 11.8 Å². The summed E-state index contributed by atoms with van der Waals surface area (Å²) in [6.07, 6.45) is 2.48. The van der Waals surface area contributed by atoms with E-state index in [0.717, 1.165) is 12.8 Å². The van der Waals surface area contributed by atoms with Crippen molar-refractivity contribution in [2.24, 2.45) is 11.8 Å². The van der Waals surface area contributed by atoms with E-state index in [4.69, 9.17) is 0 Å². The molecule has 0 N–H and O–H groups in total. The molecule has 1 aromatic carbocycles. The Labute approximate surface area is 124 Å². The Morgan fingerprint density at radius 1 is 1.17 bits per heavy atom. The van der Waals surface area contributed by atoms with Crippen molar-refractivity contribution in [3.63, 3.8) is 0 Å². The molecule has 0 bridgehead atoms. The monoisotopic (exact) mass is 373 g/mol. The normalized spacial score (nSPS) is 32.1. The maximum Gasteiger partial charge on any atom is 0.0456 e. The summed E-state index contributed by atoms with van der Waals surface area (Å²) in [5.41, 5.74) is 1.30. The molecule has 4 heteroatoms. The molecular weight excluding hydrogens is 360 g/mol. The maximum atomic E-state index is 11.0. The lowest BCUT2D eigenvalue weighted by atomic mass is 9.79. The Hall–Kier alpha value is -0.350. The molecule has 0 radical (unpaired) electrons. The summed E-state index contributed by atoms with van der Waals surface area (Å²) < 4.78 is 0. The van der Waals surface area contributed by atoms with Gasteiger partial charge < -0.3 is 9.90 Å². The van der Waals surface area contributed by atoms with Crippen molar-refractivity contribution >= 4 is 37.8 Å². The number of carboxylic acids is 1. The van der Waals surface area contributed by atoms with E-state index in [0.29, 0.717) is 12.3 Å². The molecule has 2 nitrogen and oxygen atoms in total. The van der Waals surface area contributed by atoms with Gasteiger partial charge in [-0.1, -0.05) is 62.2 Å². The molecule has 0 aliphatic heterocycles. The van der Waals surface area contributed by atoms with E-state index in [1.54, 1.807) is 0 Å². The summed E-state index contributed by atoms with van der Waals surface area (Å²) in [5, 5.41) is 11.0. The van der Waals surface area contributed by atoms with E-state index in [-0.39, 0.29) is 15.6 Å². The number of rotatable bonds is 3. The van der Waals surface area contributed by atoms with Crippen LogP contribution in [0.4, 0.5) is 0 Å². The van der Waals surface area contributed by atoms with E-state index in [1.165, 1.54) is 5.56 Å². The number of hydrogen-bond donors (Lipinski definition) is 0. The minimum Gasteiger partial charge on any atom is -0.550 e. The third-order valence-electron chi connectivity index (χ3n) is 3.60. The number of alkyl halides is 2. The molecule has 1 saturated carbocycles. The third kappa shape index (κ3) is 3.35. The molecule has 0 aromatic heterocycles. The second-order valence-electron chi connectivity index (χ2n) is 4.88. The lowest BCUT2D eigenvalue weighted by molar-refractivity contribution is -0.312. The first kappa shape index (κ1) is 14.1. The first-order valence-corrected chi connectivity index (χ1v) is 7.94. The lowest BCUT2D eigenvalue weighted by Crippen LogP contribution is -2.43. The highest BCUT2D eigenvalue weighted by atomic mass is 79.9. The summed E-state index contributed by atoms with van der Waals surface area (Å²) in [6.45, 7) is 0. The molecular formula is C14H15Br2O2-. The highest BCUT2D eigenvalue weighted by Gasteiger charge is 2.35. The van der Waals surface area contributed by atoms with Gasteiger partial charge in [0.05, 0.1) is 0 Å². The van der Waals surface area contributed by atoms with Crippen molar-refractivity contribution in [3.05, 3.63) is 35.9 Å². The minimum atomic E-state index is -0.945. The summed E-state index contributed by atoms with van der Waals surface area (Å²) in [4.78, 5) is 11.3. The van der Waals surface area contributed by atoms with Crippen LogP contribution in [0.5, 0.6) is 0 Å². The van der Waals surface area contributed by atoms with Crippen LogP contribution in [0.1, 0.15) is 18.4 Å². The van der Waals surface area contributed by atoms with Crippen molar-refractivity contribution in [1.82, 2.24) is 0 Å². The fourth-order valence-electron chi connectivity index (χ4n) is 2.56. The summed E-state index contributed by atoms with van der Waals surface area (Å²) in [5.74, 6) is -0.867. The summed E-state index contributed by atoms with van der Waals surface area (Å²) in [7, 11) is 0. The van der Waals surface area contributed by atoms with Crippen LogP contribution in [0.15, 0.2) is 30.3 Å². The van der Waals surface area contributed by atoms with Gasteiger partial charge in [-0.05, 0) is 30.7 Å². The van der Waals surface area contributed by atoms with Crippen LogP contribution in [0.3, 0.4) is 0 Å². The van der Waals surface area contributed by atoms with E-state index in [1.807, 2.05) is 18.2 Å². The van der Waals surface area contributed by atoms with E-state index in [9.17, 15) is 9.90 Å². The Morgan fingerprint density at radius 3 is 2.44 bits per heavy atom. The van der Waals surface area contributed by atoms with E-state index in [2.05, 4.69) is 44.0 Å². The Balaban J connectivity index is 2.01. The third-order valence-corrected chi connectivity index (χ3v) is 5.73. The van der Waals surface area contributed by atoms with Gasteiger partial charge >= 0.3 is 0 Å². The van der Waals surface area contributed by atoms with E-state index >= 15 is 0 Å². The van der Waals surface area contributed by atoms with Crippen molar-refractivity contribution in [3.8, 4) is 0 Å². The van der Waals surface area contributed by atoms with Crippen LogP contribution in [0.2, 0.25) is 0 Å². The van der Waals surface area contributed by atoms with Gasteiger partial charge in [0.25, 0.3) is 0 Å². The second-order valence-corrected chi connectivity index (χ2v) is 7.23. The van der Waals surface area contributed by atoms with Gasteiger partial charge in [0.2, 0.25) is 0 Å². The Kier molecular flexibility index (Phi) is 4.84. The predicted octanol–water partition coefficient (Wildman–Crippen LogP) is 2.53. The van der Waals surface area contributed by atoms with Gasteiger partial charge in [0.1, 0.15) is 0 Å². The molecule has 1 aromatic rings. The average Bonchev–Trinajstić information content (AvgIpc) is 2.34. The first-order chi connectivity index (χ1) is 8.58. The Morgan fingerprint density at radius 2 is 1.83 bits per heavy atom. The smallest absolute Gasteiger partial charge is 0.0456 e. The minimum absolute atomic E-state index is 0.0185. The summed E-state index contributed by atoms with van der Waals surface area (Å²) in [6, 6.07) is 10.3. The number of carboxylic acid groups (broad SMARTS) is 1. The molecule has 0 heterocycles. The van der Waals surface area contributed by atoms with Crippen LogP contribution in [-0.2, 0) is 11.2 Å². The zero-order valence-corrected chi connectivity index (χ0v) is 13.1. The van der Waals surface area contributed by atoms with Gasteiger partial charge in [-0.15, -0.1) is 0 Å². The van der Waals surface area contributed by atoms with Crippen molar-refractivity contribution in [1.29, 1.82) is 0 Å². The topological polar surface area (TPSA) is 40.1 Å². The van der Waals surface area contributed by atoms with Crippen LogP contribution in [0.25, 0.3) is 0 Å². The molecule has 1 fully saturated rings. The molecule has 2 rings (SSSR count). The Bertz CT molecular complexity index is 408. The van der Waals surface area contributed by atoms with E-state index < -0.39 is 5.97 Å². The van der Waals surface area contributed by atoms with Crippen LogP contribution >= 0.6 is 31.9 Å². The van der Waals surface area contributed by atoms with Crippen molar-refractivity contribution < 1.29 is 9.90 Å². The number of aliphatic carboxylic acids is 1. The average molecular weight is 375 g/mol. The van der Waals surface area contributed by atoms with Crippen molar-refractivity contribution in [2.45, 2.75) is 28.9 Å². The van der Waals surface area contributed by atoms with Gasteiger partial charge in [0, 0.05) is 21.5 Å². The largest absolute Gasteiger partial charge is 0.550 e. The molecule has 98 valence electrons. The number of hydrogen-bond acceptors (Lipinski definition) is 2. The number of carbonyl (C=O) groups is 1. The molecule has 0 amide bonds. The number of halogens is 2. The fourth-order valence-corrected chi connectivity index (χ4v) is 4.27. The summed E-state index contributed by atoms with van der Waals surface area (Å²) >= 11 is 7.13. The number of benzene rings is 1. The fraction of sp³-hybridized carbons (Fsp3) is 0.500. The first-order valence-electron chi connectivity index (χ1n) is 6.11. The molecule has 0 saturated heterocycles. The lowest BCUT2D eigenvalue weighted by Gasteiger charge is -2.37. The van der Waals surface area contributed by atoms with Crippen molar-refractivity contribution in [2.75, 3.05) is 0 Å². The number of carbonyl (C=O) groups excluding carboxylic acids is 1. The molecule has 18 heavy (non-hydrogen) atoms. The van der Waals surface area contributed by atoms with Gasteiger partial charge in [-0.2, -0.15) is 0 Å². The predicted molar refractivity (Wildman–Crippen MR) is 76.8 cm³/mol. The molecule has 4 unspecified atom stereocenters. The van der Waals surface area contributed by atoms with Gasteiger partial charge in [-0.25, -0.2) is 0 Å². The van der Waals surface area contributed by atoms with Gasteiger partial charge in [0.15, 0.2) is 0 Å². The second kappa shape index (κ2) is 6.20. The SMILES string of the molecule is O=C([O-])C1CC(Br)C(Cc2ccccc2)CC1Br. The maximum absolute atomic E-state index is 11.0. The molecule has 1 aliphatic rings. The van der Waals surface area contributed by atoms with Crippen LogP contribution < -0.4 is 5.11 Å². The molecule has 4 atom stereocenters. The standard InChI is InChI=1S/C14H16Br2O2/c15-12-8-11(14(17)18)13(16)7-10(12)6-9-4-2-1-3-5-9/h1-5,10-13H,6-8H2,(H,17,18)/p-1. The quantitative estimate of drug-likeness (QED) is 0.762. The molecule has 1 aliphatic carbocycles.